The number of rotatable bonds is 2. The van der Waals surface area contributed by atoms with Crippen LogP contribution in [0.2, 0.25) is 0 Å². The molecule has 8 heteroatoms. The van der Waals surface area contributed by atoms with Gasteiger partial charge in [-0.25, -0.2) is 17.2 Å². The van der Waals surface area contributed by atoms with E-state index in [1.165, 1.54) is 13.0 Å². The van der Waals surface area contributed by atoms with E-state index in [1.54, 1.807) is 0 Å². The molecule has 0 bridgehead atoms. The Labute approximate surface area is 94.9 Å². The van der Waals surface area contributed by atoms with Crippen LogP contribution >= 0.6 is 10.7 Å². The zero-order valence-electron chi connectivity index (χ0n) is 7.91. The Morgan fingerprint density at radius 2 is 2.12 bits per heavy atom. The van der Waals surface area contributed by atoms with Gasteiger partial charge in [-0.2, -0.15) is 5.26 Å². The van der Waals surface area contributed by atoms with Crippen molar-refractivity contribution in [3.63, 3.8) is 0 Å². The van der Waals surface area contributed by atoms with Crippen LogP contribution in [0.1, 0.15) is 23.4 Å². The molecule has 0 atom stereocenters. The average Bonchev–Trinajstić information content (AvgIpc) is 2.14. The van der Waals surface area contributed by atoms with Gasteiger partial charge in [0.2, 0.25) is 0 Å². The second-order valence-electron chi connectivity index (χ2n) is 2.87. The molecule has 1 rings (SSSR count). The SMILES string of the molecule is Cc1cc(S(=O)(=O)Cl)c(C#N)c(C(F)F)n1. The third-order valence-electron chi connectivity index (χ3n) is 1.72. The quantitative estimate of drug-likeness (QED) is 0.769. The number of halogens is 3. The third kappa shape index (κ3) is 2.46. The Bertz CT molecular complexity index is 566. The molecule has 0 aromatic carbocycles. The lowest BCUT2D eigenvalue weighted by atomic mass is 10.2. The topological polar surface area (TPSA) is 70.8 Å². The van der Waals surface area contributed by atoms with E-state index in [0.717, 1.165) is 6.07 Å². The molecule has 1 heterocycles. The fourth-order valence-corrected chi connectivity index (χ4v) is 2.20. The molecule has 0 fully saturated rings. The molecule has 0 saturated heterocycles. The van der Waals surface area contributed by atoms with Crippen LogP contribution in [-0.4, -0.2) is 13.4 Å². The van der Waals surface area contributed by atoms with Crippen LogP contribution in [0.25, 0.3) is 0 Å². The Kier molecular flexibility index (Phi) is 3.45. The number of nitriles is 1. The molecule has 0 unspecified atom stereocenters. The Morgan fingerprint density at radius 3 is 2.50 bits per heavy atom. The van der Waals surface area contributed by atoms with E-state index in [9.17, 15) is 17.2 Å². The molecule has 0 aliphatic carbocycles. The molecule has 4 nitrogen and oxygen atoms in total. The van der Waals surface area contributed by atoms with Crippen molar-refractivity contribution >= 4 is 19.7 Å². The van der Waals surface area contributed by atoms with Gasteiger partial charge in [-0.05, 0) is 13.0 Å². The Hall–Kier alpha value is -1.26. The van der Waals surface area contributed by atoms with Gasteiger partial charge in [-0.3, -0.25) is 4.98 Å². The summed E-state index contributed by atoms with van der Waals surface area (Å²) in [6.45, 7) is 1.33. The average molecular weight is 267 g/mol. The van der Waals surface area contributed by atoms with Gasteiger partial charge in [0.25, 0.3) is 15.5 Å². The summed E-state index contributed by atoms with van der Waals surface area (Å²) in [7, 11) is 0.792. The summed E-state index contributed by atoms with van der Waals surface area (Å²) < 4.78 is 47.2. The highest BCUT2D eigenvalue weighted by Crippen LogP contribution is 2.28. The molecule has 0 aliphatic rings. The molecule has 1 aromatic heterocycles. The van der Waals surface area contributed by atoms with Gasteiger partial charge in [0.15, 0.2) is 0 Å². The maximum absolute atomic E-state index is 12.5. The molecule has 0 aliphatic heterocycles. The molecular weight excluding hydrogens is 262 g/mol. The fourth-order valence-electron chi connectivity index (χ4n) is 1.13. The first kappa shape index (κ1) is 12.8. The summed E-state index contributed by atoms with van der Waals surface area (Å²) in [5.74, 6) is 0. The van der Waals surface area contributed by atoms with E-state index in [-0.39, 0.29) is 5.69 Å². The largest absolute Gasteiger partial charge is 0.281 e. The molecule has 0 spiro atoms. The predicted octanol–water partition coefficient (Wildman–Crippen LogP) is 2.13. The van der Waals surface area contributed by atoms with E-state index < -0.39 is 31.6 Å². The van der Waals surface area contributed by atoms with Gasteiger partial charge < -0.3 is 0 Å². The van der Waals surface area contributed by atoms with E-state index in [0.29, 0.717) is 0 Å². The van der Waals surface area contributed by atoms with E-state index >= 15 is 0 Å². The first-order valence-electron chi connectivity index (χ1n) is 3.92. The van der Waals surface area contributed by atoms with Crippen LogP contribution in [0, 0.1) is 18.3 Å². The van der Waals surface area contributed by atoms with Gasteiger partial charge in [0.05, 0.1) is 5.56 Å². The molecule has 0 amide bonds. The summed E-state index contributed by atoms with van der Waals surface area (Å²) in [5.41, 5.74) is -1.54. The van der Waals surface area contributed by atoms with Gasteiger partial charge in [0.1, 0.15) is 16.7 Å². The molecule has 16 heavy (non-hydrogen) atoms. The van der Waals surface area contributed by atoms with E-state index in [4.69, 9.17) is 15.9 Å². The van der Waals surface area contributed by atoms with Crippen molar-refractivity contribution in [2.45, 2.75) is 18.2 Å². The number of pyridine rings is 1. The summed E-state index contributed by atoms with van der Waals surface area (Å²) in [6, 6.07) is 2.35. The highest BCUT2D eigenvalue weighted by molar-refractivity contribution is 8.13. The van der Waals surface area contributed by atoms with Crippen molar-refractivity contribution < 1.29 is 17.2 Å². The lowest BCUT2D eigenvalue weighted by Crippen LogP contribution is -2.05. The van der Waals surface area contributed by atoms with E-state index in [1.807, 2.05) is 0 Å². The lowest BCUT2D eigenvalue weighted by Gasteiger charge is -2.07. The van der Waals surface area contributed by atoms with Crippen molar-refractivity contribution in [2.75, 3.05) is 0 Å². The number of hydrogen-bond donors (Lipinski definition) is 0. The maximum Gasteiger partial charge on any atom is 0.281 e. The van der Waals surface area contributed by atoms with Crippen molar-refractivity contribution in [3.05, 3.63) is 23.0 Å². The normalized spacial score (nSPS) is 11.5. The first-order chi connectivity index (χ1) is 7.27. The highest BCUT2D eigenvalue weighted by Gasteiger charge is 2.24. The van der Waals surface area contributed by atoms with Crippen molar-refractivity contribution in [1.82, 2.24) is 4.98 Å². The predicted molar refractivity (Wildman–Crippen MR) is 51.7 cm³/mol. The minimum atomic E-state index is -4.25. The molecular formula is C8H5ClF2N2O2S. The van der Waals surface area contributed by atoms with Crippen LogP contribution < -0.4 is 0 Å². The first-order valence-corrected chi connectivity index (χ1v) is 6.22. The number of aryl methyl sites for hydroxylation is 1. The van der Waals surface area contributed by atoms with Gasteiger partial charge in [-0.15, -0.1) is 0 Å². The van der Waals surface area contributed by atoms with Crippen LogP contribution in [0.15, 0.2) is 11.0 Å². The second kappa shape index (κ2) is 4.31. The maximum atomic E-state index is 12.5. The zero-order valence-corrected chi connectivity index (χ0v) is 9.48. The minimum Gasteiger partial charge on any atom is -0.251 e. The fraction of sp³-hybridized carbons (Fsp3) is 0.250. The molecule has 0 saturated carbocycles. The molecule has 86 valence electrons. The molecule has 0 radical (unpaired) electrons. The van der Waals surface area contributed by atoms with Crippen molar-refractivity contribution in [1.29, 1.82) is 5.26 Å². The van der Waals surface area contributed by atoms with E-state index in [2.05, 4.69) is 4.98 Å². The van der Waals surface area contributed by atoms with Crippen LogP contribution in [0.3, 0.4) is 0 Å². The monoisotopic (exact) mass is 266 g/mol. The Balaban J connectivity index is 3.71. The van der Waals surface area contributed by atoms with Crippen LogP contribution in [-0.2, 0) is 9.05 Å². The smallest absolute Gasteiger partial charge is 0.251 e. The minimum absolute atomic E-state index is 0.0496. The highest BCUT2D eigenvalue weighted by atomic mass is 35.7. The van der Waals surface area contributed by atoms with Crippen molar-refractivity contribution in [3.8, 4) is 6.07 Å². The molecule has 0 N–H and O–H groups in total. The second-order valence-corrected chi connectivity index (χ2v) is 5.41. The van der Waals surface area contributed by atoms with Gasteiger partial charge in [-0.1, -0.05) is 0 Å². The third-order valence-corrected chi connectivity index (χ3v) is 3.07. The van der Waals surface area contributed by atoms with Crippen LogP contribution in [0.5, 0.6) is 0 Å². The summed E-state index contributed by atoms with van der Waals surface area (Å²) >= 11 is 0. The lowest BCUT2D eigenvalue weighted by molar-refractivity contribution is 0.145. The summed E-state index contributed by atoms with van der Waals surface area (Å²) in [4.78, 5) is 2.78. The summed E-state index contributed by atoms with van der Waals surface area (Å²) in [5, 5.41) is 8.66. The van der Waals surface area contributed by atoms with Gasteiger partial charge >= 0.3 is 0 Å². The number of nitrogens with zero attached hydrogens (tertiary/aromatic N) is 2. The van der Waals surface area contributed by atoms with Crippen LogP contribution in [0.4, 0.5) is 8.78 Å². The Morgan fingerprint density at radius 1 is 1.56 bits per heavy atom. The number of hydrogen-bond acceptors (Lipinski definition) is 4. The van der Waals surface area contributed by atoms with Gasteiger partial charge in [0, 0.05) is 16.4 Å². The number of aromatic nitrogens is 1. The van der Waals surface area contributed by atoms with Crippen molar-refractivity contribution in [2.24, 2.45) is 0 Å². The summed E-state index contributed by atoms with van der Waals surface area (Å²) in [6.07, 6.45) is -3.04. The standard InChI is InChI=1S/C8H5ClF2N2O2S/c1-4-2-6(16(9,14)15)5(3-12)7(13-4)8(10)11/h2,8H,1H3. The molecule has 1 aromatic rings. The zero-order chi connectivity index (χ0) is 12.5. The number of alkyl halides is 2.